The smallest absolute Gasteiger partial charge is 2.00 e. The van der Waals surface area contributed by atoms with E-state index in [1.165, 1.54) is 0 Å². The van der Waals surface area contributed by atoms with Crippen molar-refractivity contribution < 1.29 is 70.8 Å². The molecule has 0 aliphatic rings. The molecule has 0 aromatic rings. The van der Waals surface area contributed by atoms with E-state index in [1.807, 2.05) is 0 Å². The van der Waals surface area contributed by atoms with Gasteiger partial charge in [0, 0.05) is 0 Å². The predicted molar refractivity (Wildman–Crippen MR) is 6.36 cm³/mol. The van der Waals surface area contributed by atoms with Crippen LogP contribution in [-0.2, 0) is 65.3 Å². The Morgan fingerprint density at radius 3 is 0.429 bits per heavy atom. The first-order valence-corrected chi connectivity index (χ1v) is 0. The first-order chi connectivity index (χ1) is 0. The molecule has 0 saturated heterocycles. The van der Waals surface area contributed by atoms with Crippen LogP contribution in [0.4, 0.5) is 0 Å². The minimum absolute atomic E-state index is 0. The second-order valence-corrected chi connectivity index (χ2v) is 0. The van der Waals surface area contributed by atoms with Crippen molar-refractivity contribution in [1.29, 1.82) is 0 Å². The van der Waals surface area contributed by atoms with Crippen LogP contribution in [0.2, 0.25) is 0 Å². The summed E-state index contributed by atoms with van der Waals surface area (Å²) in [5.41, 5.74) is 0. The summed E-state index contributed by atoms with van der Waals surface area (Å²) in [6.45, 7) is 0. The monoisotopic (exact) mass is 178 g/mol. The van der Waals surface area contributed by atoms with Gasteiger partial charge in [-0.25, -0.2) is 0 Å². The van der Waals surface area contributed by atoms with Crippen molar-refractivity contribution in [1.82, 2.24) is 0 Å². The molecule has 0 aromatic carbocycles. The number of hydrogen-bond acceptors (Lipinski definition) is 0. The Labute approximate surface area is 70.8 Å². The van der Waals surface area contributed by atoms with Crippen molar-refractivity contribution in [3.8, 4) is 0 Å². The topological polar surface area (TPSA) is 146 Å². The molecule has 0 amide bonds. The molecular formula is H2O5Ti2. The second-order valence-electron chi connectivity index (χ2n) is 0. The van der Waals surface area contributed by atoms with Gasteiger partial charge < -0.3 is 27.4 Å². The van der Waals surface area contributed by atoms with Gasteiger partial charge in [0.2, 0.25) is 0 Å². The minimum atomic E-state index is 0. The molecule has 0 radical (unpaired) electrons. The van der Waals surface area contributed by atoms with Crippen LogP contribution in [0, 0.1) is 0 Å². The summed E-state index contributed by atoms with van der Waals surface area (Å²) < 4.78 is 0. The third kappa shape index (κ3) is 131. The van der Waals surface area contributed by atoms with Gasteiger partial charge in [0.05, 0.1) is 0 Å². The summed E-state index contributed by atoms with van der Waals surface area (Å²) in [7, 11) is 0. The summed E-state index contributed by atoms with van der Waals surface area (Å²) in [6, 6.07) is 0. The minimum Gasteiger partial charge on any atom is -2.00 e. The maximum atomic E-state index is 0. The Morgan fingerprint density at radius 1 is 0.429 bits per heavy atom. The zero-order valence-electron chi connectivity index (χ0n) is 3.13. The van der Waals surface area contributed by atoms with Crippen LogP contribution < -0.4 is 0 Å². The van der Waals surface area contributed by atoms with Crippen LogP contribution in [0.25, 0.3) is 0 Å². The molecule has 0 aromatic heterocycles. The summed E-state index contributed by atoms with van der Waals surface area (Å²) in [6.07, 6.45) is 0. The molecule has 7 heteroatoms. The number of hydrogen-bond donors (Lipinski definition) is 0. The van der Waals surface area contributed by atoms with Gasteiger partial charge in [-0.15, -0.1) is 0 Å². The molecule has 0 heterocycles. The Bertz CT molecular complexity index is 6.04. The van der Waals surface area contributed by atoms with Crippen molar-refractivity contribution in [3.63, 3.8) is 0 Å². The molecule has 0 saturated carbocycles. The van der Waals surface area contributed by atoms with Gasteiger partial charge in [0.15, 0.2) is 0 Å². The van der Waals surface area contributed by atoms with Gasteiger partial charge in [-0.2, -0.15) is 0 Å². The zero-order valence-corrected chi connectivity index (χ0v) is 6.26. The van der Waals surface area contributed by atoms with Crippen molar-refractivity contribution >= 4 is 0 Å². The van der Waals surface area contributed by atoms with Gasteiger partial charge in [-0.1, -0.05) is 0 Å². The van der Waals surface area contributed by atoms with Crippen molar-refractivity contribution in [2.45, 2.75) is 0 Å². The molecule has 5 nitrogen and oxygen atoms in total. The van der Waals surface area contributed by atoms with E-state index in [2.05, 4.69) is 0 Å². The summed E-state index contributed by atoms with van der Waals surface area (Å²) in [5.74, 6) is 0. The fraction of sp³-hybridized carbons (Fsp3) is 0. The van der Waals surface area contributed by atoms with Crippen LogP contribution in [0.5, 0.6) is 0 Å². The maximum Gasteiger partial charge on any atom is 4.00 e. The SMILES string of the molecule is O.[O-2].[O-2].[O-2].[O-2].[Ti+4].[Ti+4]. The van der Waals surface area contributed by atoms with Crippen molar-refractivity contribution in [3.05, 3.63) is 0 Å². The summed E-state index contributed by atoms with van der Waals surface area (Å²) >= 11 is 0. The van der Waals surface area contributed by atoms with Crippen LogP contribution in [-0.4, -0.2) is 5.48 Å². The molecule has 0 bridgehead atoms. The largest absolute Gasteiger partial charge is 4.00 e. The Balaban J connectivity index is 0. The van der Waals surface area contributed by atoms with Crippen LogP contribution >= 0.6 is 0 Å². The van der Waals surface area contributed by atoms with E-state index >= 15 is 0 Å². The molecule has 0 aliphatic carbocycles. The van der Waals surface area contributed by atoms with Crippen LogP contribution in [0.15, 0.2) is 0 Å². The van der Waals surface area contributed by atoms with Crippen LogP contribution in [0.3, 0.4) is 0 Å². The van der Waals surface area contributed by atoms with E-state index < -0.39 is 0 Å². The molecule has 7 heavy (non-hydrogen) atoms. The Hall–Kier alpha value is 1.23. The summed E-state index contributed by atoms with van der Waals surface area (Å²) in [4.78, 5) is 0. The van der Waals surface area contributed by atoms with Gasteiger partial charge >= 0.3 is 43.4 Å². The molecule has 0 rings (SSSR count). The predicted octanol–water partition coefficient (Wildman–Crippen LogP) is -1.30. The molecule has 0 unspecified atom stereocenters. The van der Waals surface area contributed by atoms with Gasteiger partial charge in [-0.3, -0.25) is 0 Å². The van der Waals surface area contributed by atoms with E-state index in [1.54, 1.807) is 0 Å². The van der Waals surface area contributed by atoms with Crippen LogP contribution in [0.1, 0.15) is 0 Å². The second kappa shape index (κ2) is 186. The molecule has 0 atom stereocenters. The molecule has 0 aliphatic heterocycles. The van der Waals surface area contributed by atoms with Gasteiger partial charge in [-0.05, 0) is 0 Å². The van der Waals surface area contributed by atoms with E-state index in [0.717, 1.165) is 0 Å². The quantitative estimate of drug-likeness (QED) is 0.405. The van der Waals surface area contributed by atoms with E-state index in [4.69, 9.17) is 0 Å². The molecule has 40 valence electrons. The van der Waals surface area contributed by atoms with E-state index in [0.29, 0.717) is 0 Å². The van der Waals surface area contributed by atoms with Crippen molar-refractivity contribution in [2.24, 2.45) is 0 Å². The Morgan fingerprint density at radius 2 is 0.429 bits per heavy atom. The molecule has 0 spiro atoms. The first-order valence-electron chi connectivity index (χ1n) is 0. The van der Waals surface area contributed by atoms with Gasteiger partial charge in [0.25, 0.3) is 0 Å². The fourth-order valence-corrected chi connectivity index (χ4v) is 0. The fourth-order valence-electron chi connectivity index (χ4n) is 0. The maximum absolute atomic E-state index is 0. The normalized spacial score (nSPS) is 0. The third-order valence-corrected chi connectivity index (χ3v) is 0. The van der Waals surface area contributed by atoms with E-state index in [9.17, 15) is 0 Å². The Kier molecular flexibility index (Phi) is 7560. The summed E-state index contributed by atoms with van der Waals surface area (Å²) in [5, 5.41) is 0. The zero-order chi connectivity index (χ0) is 0. The van der Waals surface area contributed by atoms with Gasteiger partial charge in [0.1, 0.15) is 0 Å². The molecule has 0 fully saturated rings. The van der Waals surface area contributed by atoms with Crippen molar-refractivity contribution in [2.75, 3.05) is 0 Å². The van der Waals surface area contributed by atoms with E-state index in [-0.39, 0.29) is 70.8 Å². The number of rotatable bonds is 0. The molecular weight excluding hydrogens is 176 g/mol. The average Bonchev–Trinajstić information content (AvgIpc) is 0. The standard InChI is InChI=1S/H2O.4O.2Ti/h1H2;;;;;;/q;4*-2;2*+4. The molecule has 2 N–H and O–H groups in total. The average molecular weight is 178 g/mol. The third-order valence-electron chi connectivity index (χ3n) is 0. The first kappa shape index (κ1) is 285.